The van der Waals surface area contributed by atoms with Crippen LogP contribution in [0, 0.1) is 0 Å². The Bertz CT molecular complexity index is 553. The van der Waals surface area contributed by atoms with Crippen molar-refractivity contribution < 1.29 is 5.11 Å². The first-order valence-electron chi connectivity index (χ1n) is 6.30. The molecular formula is C14H18BrN3O. The summed E-state index contributed by atoms with van der Waals surface area (Å²) in [5.74, 6) is 0.326. The quantitative estimate of drug-likeness (QED) is 0.888. The van der Waals surface area contributed by atoms with E-state index in [9.17, 15) is 5.11 Å². The number of aromatic nitrogens is 2. The van der Waals surface area contributed by atoms with E-state index in [4.69, 9.17) is 0 Å². The Balaban J connectivity index is 2.12. The second-order valence-electron chi connectivity index (χ2n) is 4.49. The second kappa shape index (κ2) is 6.21. The van der Waals surface area contributed by atoms with E-state index in [2.05, 4.69) is 33.3 Å². The molecule has 0 aliphatic rings. The molecule has 4 nitrogen and oxygen atoms in total. The maximum atomic E-state index is 9.97. The van der Waals surface area contributed by atoms with E-state index < -0.39 is 0 Å². The average molecular weight is 324 g/mol. The Morgan fingerprint density at radius 3 is 2.84 bits per heavy atom. The molecule has 0 aliphatic heterocycles. The van der Waals surface area contributed by atoms with Crippen molar-refractivity contribution in [1.82, 2.24) is 15.1 Å². The molecule has 2 N–H and O–H groups in total. The van der Waals surface area contributed by atoms with Gasteiger partial charge >= 0.3 is 0 Å². The van der Waals surface area contributed by atoms with Crippen LogP contribution in [0.3, 0.4) is 0 Å². The van der Waals surface area contributed by atoms with Crippen LogP contribution >= 0.6 is 15.9 Å². The maximum Gasteiger partial charge on any atom is 0.120 e. The van der Waals surface area contributed by atoms with Crippen molar-refractivity contribution in [3.63, 3.8) is 0 Å². The van der Waals surface area contributed by atoms with Crippen LogP contribution in [0.2, 0.25) is 0 Å². The number of aryl methyl sites for hydroxylation is 1. The number of nitrogens with zero attached hydrogens (tertiary/aromatic N) is 2. The molecule has 102 valence electrons. The predicted molar refractivity (Wildman–Crippen MR) is 78.9 cm³/mol. The van der Waals surface area contributed by atoms with Crippen molar-refractivity contribution in [3.8, 4) is 5.75 Å². The third-order valence-electron chi connectivity index (χ3n) is 3.23. The Hall–Kier alpha value is -1.33. The summed E-state index contributed by atoms with van der Waals surface area (Å²) in [4.78, 5) is 0. The molecule has 0 saturated carbocycles. The lowest BCUT2D eigenvalue weighted by Gasteiger charge is -2.19. The molecule has 0 fully saturated rings. The van der Waals surface area contributed by atoms with Gasteiger partial charge in [0, 0.05) is 35.9 Å². The summed E-state index contributed by atoms with van der Waals surface area (Å²) in [5, 5.41) is 17.6. The normalized spacial score (nSPS) is 12.6. The van der Waals surface area contributed by atoms with Crippen LogP contribution < -0.4 is 5.32 Å². The summed E-state index contributed by atoms with van der Waals surface area (Å²) in [6, 6.07) is 7.62. The largest absolute Gasteiger partial charge is 0.508 e. The Morgan fingerprint density at radius 2 is 2.21 bits per heavy atom. The molecule has 1 aromatic carbocycles. The van der Waals surface area contributed by atoms with Gasteiger partial charge in [-0.2, -0.15) is 5.10 Å². The molecular weight excluding hydrogens is 306 g/mol. The summed E-state index contributed by atoms with van der Waals surface area (Å²) in [6.07, 6.45) is 2.69. The number of hydrogen-bond acceptors (Lipinski definition) is 3. The summed E-state index contributed by atoms with van der Waals surface area (Å²) in [7, 11) is 1.93. The zero-order valence-electron chi connectivity index (χ0n) is 11.1. The third kappa shape index (κ3) is 3.36. The topological polar surface area (TPSA) is 50.1 Å². The minimum absolute atomic E-state index is 0.118. The summed E-state index contributed by atoms with van der Waals surface area (Å²) in [5.41, 5.74) is 2.03. The zero-order chi connectivity index (χ0) is 13.8. The number of halogens is 1. The Kier molecular flexibility index (Phi) is 4.61. The summed E-state index contributed by atoms with van der Waals surface area (Å²) < 4.78 is 2.82. The van der Waals surface area contributed by atoms with E-state index in [0.29, 0.717) is 5.75 Å². The van der Waals surface area contributed by atoms with Crippen molar-refractivity contribution in [2.45, 2.75) is 25.9 Å². The molecule has 1 unspecified atom stereocenters. The highest BCUT2D eigenvalue weighted by Gasteiger charge is 2.14. The Labute approximate surface area is 121 Å². The van der Waals surface area contributed by atoms with Gasteiger partial charge in [0.15, 0.2) is 0 Å². The molecule has 0 bridgehead atoms. The highest BCUT2D eigenvalue weighted by molar-refractivity contribution is 9.10. The fourth-order valence-electron chi connectivity index (χ4n) is 2.08. The zero-order valence-corrected chi connectivity index (χ0v) is 12.7. The molecule has 0 amide bonds. The van der Waals surface area contributed by atoms with Crippen LogP contribution in [0.5, 0.6) is 5.75 Å². The van der Waals surface area contributed by atoms with Crippen LogP contribution in [0.25, 0.3) is 0 Å². The van der Waals surface area contributed by atoms with Gasteiger partial charge in [0.1, 0.15) is 5.75 Å². The second-order valence-corrected chi connectivity index (χ2v) is 5.41. The van der Waals surface area contributed by atoms with E-state index in [1.165, 1.54) is 0 Å². The maximum absolute atomic E-state index is 9.97. The van der Waals surface area contributed by atoms with Crippen molar-refractivity contribution in [1.29, 1.82) is 0 Å². The van der Waals surface area contributed by atoms with Crippen LogP contribution in [0.1, 0.15) is 30.6 Å². The molecule has 1 aromatic heterocycles. The predicted octanol–water partition coefficient (Wildman–Crippen LogP) is 3.13. The standard InChI is InChI=1S/C14H18BrN3O/c1-3-13(12-8-10(15)4-5-14(12)19)16-9-11-6-7-17-18(11)2/h4-8,13,16,19H,3,9H2,1-2H3. The average Bonchev–Trinajstić information content (AvgIpc) is 2.80. The van der Waals surface area contributed by atoms with E-state index in [0.717, 1.165) is 28.7 Å². The van der Waals surface area contributed by atoms with E-state index in [-0.39, 0.29) is 6.04 Å². The van der Waals surface area contributed by atoms with E-state index in [1.54, 1.807) is 12.3 Å². The van der Waals surface area contributed by atoms with Gasteiger partial charge in [-0.05, 0) is 30.7 Å². The minimum Gasteiger partial charge on any atom is -0.508 e. The number of rotatable bonds is 5. The molecule has 2 aromatic rings. The number of benzene rings is 1. The molecule has 5 heteroatoms. The van der Waals surface area contributed by atoms with Gasteiger partial charge in [0.25, 0.3) is 0 Å². The third-order valence-corrected chi connectivity index (χ3v) is 3.72. The van der Waals surface area contributed by atoms with Crippen LogP contribution in [-0.4, -0.2) is 14.9 Å². The summed E-state index contributed by atoms with van der Waals surface area (Å²) in [6.45, 7) is 2.82. The molecule has 0 spiro atoms. The van der Waals surface area contributed by atoms with E-state index >= 15 is 0 Å². The number of phenolic OH excluding ortho intramolecular Hbond substituents is 1. The van der Waals surface area contributed by atoms with Crippen molar-refractivity contribution in [2.24, 2.45) is 7.05 Å². The first-order chi connectivity index (χ1) is 9.11. The first-order valence-corrected chi connectivity index (χ1v) is 7.09. The van der Waals surface area contributed by atoms with Gasteiger partial charge in [-0.25, -0.2) is 0 Å². The smallest absolute Gasteiger partial charge is 0.120 e. The van der Waals surface area contributed by atoms with Gasteiger partial charge in [0.05, 0.1) is 5.69 Å². The number of nitrogens with one attached hydrogen (secondary N) is 1. The molecule has 0 aliphatic carbocycles. The lowest BCUT2D eigenvalue weighted by atomic mass is 10.0. The number of hydrogen-bond donors (Lipinski definition) is 2. The SMILES string of the molecule is CCC(NCc1ccnn1C)c1cc(Br)ccc1O. The fourth-order valence-corrected chi connectivity index (χ4v) is 2.46. The van der Waals surface area contributed by atoms with Gasteiger partial charge in [0.2, 0.25) is 0 Å². The molecule has 0 radical (unpaired) electrons. The lowest BCUT2D eigenvalue weighted by molar-refractivity contribution is 0.437. The first kappa shape index (κ1) is 14.1. The monoisotopic (exact) mass is 323 g/mol. The minimum atomic E-state index is 0.118. The van der Waals surface area contributed by atoms with Gasteiger partial charge < -0.3 is 10.4 Å². The Morgan fingerprint density at radius 1 is 1.42 bits per heavy atom. The molecule has 1 heterocycles. The van der Waals surface area contributed by atoms with Crippen molar-refractivity contribution in [3.05, 3.63) is 46.2 Å². The van der Waals surface area contributed by atoms with Crippen molar-refractivity contribution >= 4 is 15.9 Å². The van der Waals surface area contributed by atoms with Crippen molar-refractivity contribution in [2.75, 3.05) is 0 Å². The molecule has 19 heavy (non-hydrogen) atoms. The van der Waals surface area contributed by atoms with Gasteiger partial charge in [-0.1, -0.05) is 22.9 Å². The molecule has 0 saturated heterocycles. The summed E-state index contributed by atoms with van der Waals surface area (Å²) >= 11 is 3.44. The number of phenols is 1. The molecule has 1 atom stereocenters. The van der Waals surface area contributed by atoms with Crippen LogP contribution in [-0.2, 0) is 13.6 Å². The number of aromatic hydroxyl groups is 1. The highest BCUT2D eigenvalue weighted by Crippen LogP contribution is 2.29. The van der Waals surface area contributed by atoms with E-state index in [1.807, 2.05) is 29.9 Å². The van der Waals surface area contributed by atoms with Gasteiger partial charge in [-0.15, -0.1) is 0 Å². The highest BCUT2D eigenvalue weighted by atomic mass is 79.9. The fraction of sp³-hybridized carbons (Fsp3) is 0.357. The van der Waals surface area contributed by atoms with Crippen LogP contribution in [0.15, 0.2) is 34.9 Å². The lowest BCUT2D eigenvalue weighted by Crippen LogP contribution is -2.21. The van der Waals surface area contributed by atoms with Gasteiger partial charge in [-0.3, -0.25) is 4.68 Å². The van der Waals surface area contributed by atoms with Crippen LogP contribution in [0.4, 0.5) is 0 Å². The molecule has 2 rings (SSSR count).